The predicted molar refractivity (Wildman–Crippen MR) is 66.2 cm³/mol. The molecule has 1 aromatic heterocycles. The van der Waals surface area contributed by atoms with Crippen LogP contribution in [0.2, 0.25) is 0 Å². The summed E-state index contributed by atoms with van der Waals surface area (Å²) in [6.07, 6.45) is 2.66. The molecule has 1 aromatic rings. The van der Waals surface area contributed by atoms with Crippen molar-refractivity contribution >= 4 is 5.91 Å². The van der Waals surface area contributed by atoms with E-state index in [-0.39, 0.29) is 5.91 Å². The van der Waals surface area contributed by atoms with Gasteiger partial charge in [0.15, 0.2) is 5.76 Å². The highest BCUT2D eigenvalue weighted by Crippen LogP contribution is 2.13. The fourth-order valence-electron chi connectivity index (χ4n) is 1.74. The minimum absolute atomic E-state index is 0.295. The molecule has 1 unspecified atom stereocenters. The summed E-state index contributed by atoms with van der Waals surface area (Å²) in [5, 5.41) is 0. The zero-order valence-corrected chi connectivity index (χ0v) is 10.7. The van der Waals surface area contributed by atoms with Crippen molar-refractivity contribution in [3.8, 4) is 0 Å². The number of hydrogen-bond acceptors (Lipinski definition) is 4. The Kier molecular flexibility index (Phi) is 5.18. The van der Waals surface area contributed by atoms with Gasteiger partial charge in [-0.05, 0) is 19.0 Å². The molecule has 0 spiro atoms. The second-order valence-corrected chi connectivity index (χ2v) is 4.46. The monoisotopic (exact) mass is 239 g/mol. The summed E-state index contributed by atoms with van der Waals surface area (Å²) in [5.41, 5.74) is 2.94. The number of furan rings is 1. The first-order valence-corrected chi connectivity index (χ1v) is 5.84. The Hall–Kier alpha value is -1.33. The maximum absolute atomic E-state index is 11.4. The summed E-state index contributed by atoms with van der Waals surface area (Å²) in [7, 11) is 2.03. The Labute approximate surface area is 102 Å². The van der Waals surface area contributed by atoms with Crippen LogP contribution in [0.4, 0.5) is 0 Å². The molecule has 96 valence electrons. The Balaban J connectivity index is 2.62. The van der Waals surface area contributed by atoms with E-state index in [0.717, 1.165) is 18.5 Å². The third-order valence-electron chi connectivity index (χ3n) is 2.84. The summed E-state index contributed by atoms with van der Waals surface area (Å²) in [4.78, 5) is 13.6. The van der Waals surface area contributed by atoms with Crippen molar-refractivity contribution in [3.63, 3.8) is 0 Å². The first-order valence-electron chi connectivity index (χ1n) is 5.84. The lowest BCUT2D eigenvalue weighted by Crippen LogP contribution is -2.31. The molecule has 0 aliphatic rings. The maximum atomic E-state index is 11.4. The topological polar surface area (TPSA) is 71.5 Å². The molecule has 0 saturated heterocycles. The van der Waals surface area contributed by atoms with Crippen LogP contribution in [0, 0.1) is 5.92 Å². The number of amides is 1. The third-order valence-corrected chi connectivity index (χ3v) is 2.84. The first-order chi connectivity index (χ1) is 8.08. The van der Waals surface area contributed by atoms with Gasteiger partial charge < -0.3 is 9.32 Å². The van der Waals surface area contributed by atoms with Crippen LogP contribution in [0.15, 0.2) is 16.7 Å². The van der Waals surface area contributed by atoms with Gasteiger partial charge >= 0.3 is 5.91 Å². The highest BCUT2D eigenvalue weighted by Gasteiger charge is 2.16. The average molecular weight is 239 g/mol. The second kappa shape index (κ2) is 6.42. The molecule has 0 bridgehead atoms. The highest BCUT2D eigenvalue weighted by molar-refractivity contribution is 5.92. The van der Waals surface area contributed by atoms with E-state index in [0.29, 0.717) is 18.2 Å². The van der Waals surface area contributed by atoms with Crippen LogP contribution in [-0.4, -0.2) is 24.4 Å². The van der Waals surface area contributed by atoms with Gasteiger partial charge in [0.05, 0.1) is 6.26 Å². The SMILES string of the molecule is CCC(C)CN(C)Cc1ccoc1C(=O)NN. The molecule has 1 amide bonds. The molecular formula is C12H21N3O2. The van der Waals surface area contributed by atoms with Crippen molar-refractivity contribution < 1.29 is 9.21 Å². The maximum Gasteiger partial charge on any atom is 0.301 e. The molecule has 1 heterocycles. The number of hydrazine groups is 1. The van der Waals surface area contributed by atoms with Crippen LogP contribution in [0.25, 0.3) is 0 Å². The minimum Gasteiger partial charge on any atom is -0.459 e. The molecule has 0 aliphatic carbocycles. The number of carbonyl (C=O) groups is 1. The molecule has 1 atom stereocenters. The van der Waals surface area contributed by atoms with E-state index in [1.54, 1.807) is 6.07 Å². The van der Waals surface area contributed by atoms with E-state index in [1.807, 2.05) is 7.05 Å². The number of nitrogens with zero attached hydrogens (tertiary/aromatic N) is 1. The molecule has 5 heteroatoms. The molecule has 0 saturated carbocycles. The lowest BCUT2D eigenvalue weighted by Gasteiger charge is -2.20. The predicted octanol–water partition coefficient (Wildman–Crippen LogP) is 1.36. The van der Waals surface area contributed by atoms with Gasteiger partial charge in [0.25, 0.3) is 0 Å². The summed E-state index contributed by atoms with van der Waals surface area (Å²) in [6.45, 7) is 6.05. The molecule has 1 rings (SSSR count). The van der Waals surface area contributed by atoms with Gasteiger partial charge in [0.1, 0.15) is 0 Å². The van der Waals surface area contributed by atoms with Crippen LogP contribution >= 0.6 is 0 Å². The zero-order valence-electron chi connectivity index (χ0n) is 10.7. The minimum atomic E-state index is -0.387. The van der Waals surface area contributed by atoms with E-state index < -0.39 is 0 Å². The van der Waals surface area contributed by atoms with Gasteiger partial charge in [0, 0.05) is 18.7 Å². The van der Waals surface area contributed by atoms with E-state index in [2.05, 4.69) is 24.2 Å². The van der Waals surface area contributed by atoms with Crippen molar-refractivity contribution in [2.24, 2.45) is 11.8 Å². The number of nitrogen functional groups attached to an aromatic ring is 1. The van der Waals surface area contributed by atoms with Gasteiger partial charge in [0.2, 0.25) is 0 Å². The normalized spacial score (nSPS) is 12.8. The Morgan fingerprint density at radius 3 is 2.94 bits per heavy atom. The van der Waals surface area contributed by atoms with Crippen molar-refractivity contribution in [2.45, 2.75) is 26.8 Å². The summed E-state index contributed by atoms with van der Waals surface area (Å²) >= 11 is 0. The van der Waals surface area contributed by atoms with E-state index in [1.165, 1.54) is 6.26 Å². The summed E-state index contributed by atoms with van der Waals surface area (Å²) in [6, 6.07) is 1.80. The zero-order chi connectivity index (χ0) is 12.8. The smallest absolute Gasteiger partial charge is 0.301 e. The molecule has 0 radical (unpaired) electrons. The van der Waals surface area contributed by atoms with Crippen LogP contribution < -0.4 is 11.3 Å². The van der Waals surface area contributed by atoms with E-state index >= 15 is 0 Å². The van der Waals surface area contributed by atoms with Crippen molar-refractivity contribution in [3.05, 3.63) is 23.7 Å². The van der Waals surface area contributed by atoms with Crippen LogP contribution in [-0.2, 0) is 6.54 Å². The molecule has 5 nitrogen and oxygen atoms in total. The standard InChI is InChI=1S/C12H21N3O2/c1-4-9(2)7-15(3)8-10-5-6-17-11(10)12(16)14-13/h5-6,9H,4,7-8,13H2,1-3H3,(H,14,16). The lowest BCUT2D eigenvalue weighted by atomic mass is 10.1. The Morgan fingerprint density at radius 2 is 2.35 bits per heavy atom. The summed E-state index contributed by atoms with van der Waals surface area (Å²) in [5.74, 6) is 5.64. The Morgan fingerprint density at radius 1 is 1.65 bits per heavy atom. The van der Waals surface area contributed by atoms with Gasteiger partial charge in [-0.25, -0.2) is 5.84 Å². The van der Waals surface area contributed by atoms with Crippen LogP contribution in [0.3, 0.4) is 0 Å². The van der Waals surface area contributed by atoms with Gasteiger partial charge in [-0.1, -0.05) is 20.3 Å². The number of nitrogens with one attached hydrogen (secondary N) is 1. The van der Waals surface area contributed by atoms with Crippen molar-refractivity contribution in [2.75, 3.05) is 13.6 Å². The number of nitrogens with two attached hydrogens (primary N) is 1. The number of hydrogen-bond donors (Lipinski definition) is 2. The van der Waals surface area contributed by atoms with Gasteiger partial charge in [-0.2, -0.15) is 0 Å². The van der Waals surface area contributed by atoms with E-state index in [4.69, 9.17) is 10.3 Å². The number of rotatable bonds is 6. The molecule has 0 fully saturated rings. The van der Waals surface area contributed by atoms with Gasteiger partial charge in [-0.3, -0.25) is 10.2 Å². The fourth-order valence-corrected chi connectivity index (χ4v) is 1.74. The van der Waals surface area contributed by atoms with Gasteiger partial charge in [-0.15, -0.1) is 0 Å². The molecule has 17 heavy (non-hydrogen) atoms. The molecule has 0 aromatic carbocycles. The van der Waals surface area contributed by atoms with Crippen LogP contribution in [0.1, 0.15) is 36.4 Å². The molecule has 3 N–H and O–H groups in total. The average Bonchev–Trinajstić information content (AvgIpc) is 2.75. The third kappa shape index (κ3) is 3.87. The molecule has 0 aliphatic heterocycles. The lowest BCUT2D eigenvalue weighted by molar-refractivity contribution is 0.0923. The van der Waals surface area contributed by atoms with E-state index in [9.17, 15) is 4.79 Å². The molecular weight excluding hydrogens is 218 g/mol. The second-order valence-electron chi connectivity index (χ2n) is 4.46. The first kappa shape index (κ1) is 13.7. The Bertz CT molecular complexity index is 362. The summed E-state index contributed by atoms with van der Waals surface area (Å²) < 4.78 is 5.13. The fraction of sp³-hybridized carbons (Fsp3) is 0.583. The largest absolute Gasteiger partial charge is 0.459 e. The quantitative estimate of drug-likeness (QED) is 0.447. The number of carbonyl (C=O) groups excluding carboxylic acids is 1. The van der Waals surface area contributed by atoms with Crippen molar-refractivity contribution in [1.82, 2.24) is 10.3 Å². The van der Waals surface area contributed by atoms with Crippen LogP contribution in [0.5, 0.6) is 0 Å². The highest BCUT2D eigenvalue weighted by atomic mass is 16.3. The van der Waals surface area contributed by atoms with Crippen molar-refractivity contribution in [1.29, 1.82) is 0 Å².